The average Bonchev–Trinajstić information content (AvgIpc) is 3.04. The van der Waals surface area contributed by atoms with Gasteiger partial charge < -0.3 is 4.74 Å². The van der Waals surface area contributed by atoms with Crippen molar-refractivity contribution >= 4 is 11.8 Å². The topological polar surface area (TPSA) is 43.4 Å². The summed E-state index contributed by atoms with van der Waals surface area (Å²) >= 11 is 0. The zero-order valence-corrected chi connectivity index (χ0v) is 21.0. The van der Waals surface area contributed by atoms with Crippen LogP contribution >= 0.6 is 0 Å². The van der Waals surface area contributed by atoms with Crippen LogP contribution in [0.25, 0.3) is 0 Å². The molecule has 4 aliphatic rings. The van der Waals surface area contributed by atoms with Crippen LogP contribution in [-0.2, 0) is 14.3 Å². The van der Waals surface area contributed by atoms with Crippen molar-refractivity contribution in [2.45, 2.75) is 105 Å². The Morgan fingerprint density at radius 2 is 1.84 bits per heavy atom. The number of hydrogen-bond acceptors (Lipinski definition) is 3. The lowest BCUT2D eigenvalue weighted by Gasteiger charge is -2.56. The summed E-state index contributed by atoms with van der Waals surface area (Å²) in [5.74, 6) is 2.33. The molecular formula is C29H44O3. The van der Waals surface area contributed by atoms with Gasteiger partial charge >= 0.3 is 5.97 Å². The largest absolute Gasteiger partial charge is 0.462 e. The maximum absolute atomic E-state index is 12.4. The molecule has 3 fully saturated rings. The Morgan fingerprint density at radius 3 is 2.50 bits per heavy atom. The molecular weight excluding hydrogens is 396 g/mol. The van der Waals surface area contributed by atoms with Gasteiger partial charge in [0.2, 0.25) is 0 Å². The van der Waals surface area contributed by atoms with Crippen LogP contribution in [0.3, 0.4) is 0 Å². The average molecular weight is 441 g/mol. The van der Waals surface area contributed by atoms with Gasteiger partial charge in [-0.05, 0) is 81.5 Å². The Kier molecular flexibility index (Phi) is 7.89. The van der Waals surface area contributed by atoms with E-state index in [2.05, 4.69) is 46.4 Å². The molecule has 4 rings (SSSR count). The summed E-state index contributed by atoms with van der Waals surface area (Å²) < 4.78 is 5.50. The SMILES string of the molecule is C=CC/C(C)=C/CC.CC(=O)OC1CCC2(C)C(=CCC3C4CCC(=O)C4(C)CCC32)C1. The molecule has 0 N–H and O–H groups in total. The Balaban J connectivity index is 0.000000312. The number of Topliss-reactive ketones (excluding diaryl/α,β-unsaturated/α-hetero) is 1. The molecule has 32 heavy (non-hydrogen) atoms. The van der Waals surface area contributed by atoms with E-state index in [1.807, 2.05) is 6.08 Å². The highest BCUT2D eigenvalue weighted by atomic mass is 16.5. The molecule has 3 heteroatoms. The summed E-state index contributed by atoms with van der Waals surface area (Å²) in [5.41, 5.74) is 3.15. The van der Waals surface area contributed by atoms with Gasteiger partial charge in [0, 0.05) is 25.2 Å². The van der Waals surface area contributed by atoms with Crippen LogP contribution in [0.1, 0.15) is 98.8 Å². The molecule has 178 valence electrons. The second-order valence-electron chi connectivity index (χ2n) is 11.1. The molecule has 6 unspecified atom stereocenters. The van der Waals surface area contributed by atoms with Gasteiger partial charge in [0.05, 0.1) is 0 Å². The molecule has 0 radical (unpaired) electrons. The minimum Gasteiger partial charge on any atom is -0.462 e. The summed E-state index contributed by atoms with van der Waals surface area (Å²) in [6.07, 6.45) is 17.2. The number of carbonyl (C=O) groups excluding carboxylic acids is 2. The highest BCUT2D eigenvalue weighted by Gasteiger charge is 2.58. The molecule has 0 heterocycles. The van der Waals surface area contributed by atoms with Crippen molar-refractivity contribution in [1.82, 2.24) is 0 Å². The van der Waals surface area contributed by atoms with E-state index < -0.39 is 0 Å². The maximum Gasteiger partial charge on any atom is 0.302 e. The van der Waals surface area contributed by atoms with E-state index in [1.54, 1.807) is 0 Å². The first-order chi connectivity index (χ1) is 15.2. The molecule has 0 aromatic carbocycles. The number of ketones is 1. The number of allylic oxidation sites excluding steroid dienone is 4. The normalized spacial score (nSPS) is 38.3. The fraction of sp³-hybridized carbons (Fsp3) is 0.724. The molecule has 3 nitrogen and oxygen atoms in total. The number of rotatable bonds is 4. The molecule has 3 saturated carbocycles. The Morgan fingerprint density at radius 1 is 1.16 bits per heavy atom. The summed E-state index contributed by atoms with van der Waals surface area (Å²) in [6.45, 7) is 14.1. The van der Waals surface area contributed by atoms with Gasteiger partial charge in [0.25, 0.3) is 0 Å². The predicted molar refractivity (Wildman–Crippen MR) is 131 cm³/mol. The van der Waals surface area contributed by atoms with Crippen LogP contribution in [0.2, 0.25) is 0 Å². The van der Waals surface area contributed by atoms with Crippen LogP contribution in [0.4, 0.5) is 0 Å². The van der Waals surface area contributed by atoms with Gasteiger partial charge in [-0.15, -0.1) is 6.58 Å². The van der Waals surface area contributed by atoms with E-state index in [0.29, 0.717) is 23.5 Å². The first-order valence-electron chi connectivity index (χ1n) is 12.8. The van der Waals surface area contributed by atoms with Crippen molar-refractivity contribution in [3.8, 4) is 0 Å². The minimum absolute atomic E-state index is 0.0438. The van der Waals surface area contributed by atoms with Crippen molar-refractivity contribution in [1.29, 1.82) is 0 Å². The van der Waals surface area contributed by atoms with Crippen LogP contribution in [0.5, 0.6) is 0 Å². The minimum atomic E-state index is -0.157. The van der Waals surface area contributed by atoms with Crippen LogP contribution in [-0.4, -0.2) is 17.9 Å². The van der Waals surface area contributed by atoms with Crippen molar-refractivity contribution in [2.24, 2.45) is 28.6 Å². The van der Waals surface area contributed by atoms with E-state index in [0.717, 1.165) is 57.8 Å². The molecule has 0 aromatic rings. The zero-order chi connectivity index (χ0) is 23.5. The van der Waals surface area contributed by atoms with E-state index in [1.165, 1.54) is 24.5 Å². The zero-order valence-electron chi connectivity index (χ0n) is 21.0. The lowest BCUT2D eigenvalue weighted by atomic mass is 9.48. The van der Waals surface area contributed by atoms with Gasteiger partial charge in [0.15, 0.2) is 0 Å². The quantitative estimate of drug-likeness (QED) is 0.338. The van der Waals surface area contributed by atoms with E-state index >= 15 is 0 Å². The van der Waals surface area contributed by atoms with Crippen LogP contribution in [0, 0.1) is 28.6 Å². The molecule has 0 bridgehead atoms. The third kappa shape index (κ3) is 4.82. The van der Waals surface area contributed by atoms with Gasteiger partial charge in [-0.2, -0.15) is 0 Å². The van der Waals surface area contributed by atoms with Gasteiger partial charge in [-0.25, -0.2) is 0 Å². The number of ether oxygens (including phenoxy) is 1. The lowest BCUT2D eigenvalue weighted by Crippen LogP contribution is -2.50. The fourth-order valence-electron chi connectivity index (χ4n) is 7.39. The van der Waals surface area contributed by atoms with Crippen molar-refractivity contribution in [3.63, 3.8) is 0 Å². The molecule has 0 spiro atoms. The first kappa shape index (κ1) is 25.0. The first-order valence-corrected chi connectivity index (χ1v) is 12.8. The fourth-order valence-corrected chi connectivity index (χ4v) is 7.39. The highest BCUT2D eigenvalue weighted by molar-refractivity contribution is 5.87. The van der Waals surface area contributed by atoms with Crippen molar-refractivity contribution in [2.75, 3.05) is 0 Å². The summed E-state index contributed by atoms with van der Waals surface area (Å²) in [4.78, 5) is 23.7. The monoisotopic (exact) mass is 440 g/mol. The summed E-state index contributed by atoms with van der Waals surface area (Å²) in [6, 6.07) is 0. The Labute approximate surface area is 195 Å². The van der Waals surface area contributed by atoms with Crippen LogP contribution in [0.15, 0.2) is 36.0 Å². The van der Waals surface area contributed by atoms with Gasteiger partial charge in [0.1, 0.15) is 11.9 Å². The van der Waals surface area contributed by atoms with Crippen LogP contribution < -0.4 is 0 Å². The molecule has 0 aliphatic heterocycles. The standard InChI is InChI=1S/C21H30O3.C8H14/c1-13(22)24-15-8-10-20(2)14(12-15)4-5-16-17-6-7-19(23)21(17,3)11-9-18(16)20;1-4-6-8(3)7-5-2/h4,15-18H,5-12H2,1-3H3;4,7H,1,5-6H2,2-3H3/b;8-7+. The molecule has 0 saturated heterocycles. The molecule has 6 atom stereocenters. The smallest absolute Gasteiger partial charge is 0.302 e. The predicted octanol–water partition coefficient (Wildman–Crippen LogP) is 7.37. The summed E-state index contributed by atoms with van der Waals surface area (Å²) in [5, 5.41) is 0. The summed E-state index contributed by atoms with van der Waals surface area (Å²) in [7, 11) is 0. The lowest BCUT2D eigenvalue weighted by molar-refractivity contribution is -0.148. The van der Waals surface area contributed by atoms with Crippen molar-refractivity contribution in [3.05, 3.63) is 36.0 Å². The van der Waals surface area contributed by atoms with E-state index in [-0.39, 0.29) is 22.9 Å². The van der Waals surface area contributed by atoms with Gasteiger partial charge in [-0.3, -0.25) is 9.59 Å². The van der Waals surface area contributed by atoms with E-state index in [9.17, 15) is 9.59 Å². The number of hydrogen-bond donors (Lipinski definition) is 0. The Bertz CT molecular complexity index is 790. The van der Waals surface area contributed by atoms with E-state index in [4.69, 9.17) is 4.74 Å². The molecule has 0 amide bonds. The Hall–Kier alpha value is -1.64. The highest BCUT2D eigenvalue weighted by Crippen LogP contribution is 2.64. The molecule has 0 aromatic heterocycles. The third-order valence-electron chi connectivity index (χ3n) is 9.12. The number of carbonyl (C=O) groups is 2. The number of fused-ring (bicyclic) bond motifs is 5. The second kappa shape index (κ2) is 10.1. The maximum atomic E-state index is 12.4. The van der Waals surface area contributed by atoms with Gasteiger partial charge in [-0.1, -0.05) is 50.1 Å². The second-order valence-corrected chi connectivity index (χ2v) is 11.1. The third-order valence-corrected chi connectivity index (χ3v) is 9.12. The van der Waals surface area contributed by atoms with Crippen molar-refractivity contribution < 1.29 is 14.3 Å². The molecule has 4 aliphatic carbocycles. The number of esters is 1.